The number of anilines is 1. The quantitative estimate of drug-likeness (QED) is 0.843. The highest BCUT2D eigenvalue weighted by molar-refractivity contribution is 5.89. The van der Waals surface area contributed by atoms with E-state index in [2.05, 4.69) is 10.1 Å². The van der Waals surface area contributed by atoms with Gasteiger partial charge in [0.2, 0.25) is 11.7 Å². The van der Waals surface area contributed by atoms with Gasteiger partial charge in [-0.05, 0) is 30.5 Å². The van der Waals surface area contributed by atoms with Crippen LogP contribution in [0.25, 0.3) is 0 Å². The average Bonchev–Trinajstić information content (AvgIpc) is 3.37. The van der Waals surface area contributed by atoms with Crippen molar-refractivity contribution in [1.82, 2.24) is 9.99 Å². The molecule has 29 heavy (non-hydrogen) atoms. The molecule has 10 heteroatoms. The van der Waals surface area contributed by atoms with Crippen molar-refractivity contribution < 1.29 is 22.8 Å². The zero-order valence-electron chi connectivity index (χ0n) is 15.4. The highest BCUT2D eigenvalue weighted by Gasteiger charge is 2.35. The third-order valence-electron chi connectivity index (χ3n) is 5.18. The molecule has 8 nitrogen and oxygen atoms in total. The predicted molar refractivity (Wildman–Crippen MR) is 99.0 cm³/mol. The first-order valence-corrected chi connectivity index (χ1v) is 9.24. The molecule has 2 aliphatic rings. The van der Waals surface area contributed by atoms with Crippen LogP contribution in [0.15, 0.2) is 33.9 Å². The van der Waals surface area contributed by atoms with Gasteiger partial charge < -0.3 is 15.1 Å². The normalized spacial score (nSPS) is 19.7. The highest BCUT2D eigenvalue weighted by atomic mass is 19.1. The van der Waals surface area contributed by atoms with Crippen LogP contribution in [-0.2, 0) is 4.79 Å². The van der Waals surface area contributed by atoms with Crippen molar-refractivity contribution in [2.75, 3.05) is 18.0 Å². The Balaban J connectivity index is 1.42. The standard InChI is InChI=1S/C19H19F2N5O3/c20-13-7-12(8-14(21)9-13)15-1-4-24-26(15)18(28)11-2-5-25(6-3-11)19-23-10-16(29-19)17(22)27/h4,7-11,15H,1-3,5-6H2,(H2,22,27)/t15-/m0/s1. The maximum Gasteiger partial charge on any atom is 0.297 e. The van der Waals surface area contributed by atoms with Crippen molar-refractivity contribution in [2.24, 2.45) is 16.8 Å². The van der Waals surface area contributed by atoms with Crippen molar-refractivity contribution in [3.63, 3.8) is 0 Å². The van der Waals surface area contributed by atoms with E-state index in [0.29, 0.717) is 37.9 Å². The first kappa shape index (κ1) is 19.0. The van der Waals surface area contributed by atoms with Crippen LogP contribution in [0.1, 0.15) is 41.4 Å². The fraction of sp³-hybridized carbons (Fsp3) is 0.368. The van der Waals surface area contributed by atoms with E-state index < -0.39 is 23.6 Å². The fourth-order valence-electron chi connectivity index (χ4n) is 3.70. The number of piperidine rings is 1. The zero-order chi connectivity index (χ0) is 20.5. The monoisotopic (exact) mass is 403 g/mol. The van der Waals surface area contributed by atoms with Crippen LogP contribution in [0.2, 0.25) is 0 Å². The van der Waals surface area contributed by atoms with Crippen molar-refractivity contribution >= 4 is 24.0 Å². The van der Waals surface area contributed by atoms with Crippen LogP contribution in [0.3, 0.4) is 0 Å². The lowest BCUT2D eigenvalue weighted by atomic mass is 9.94. The number of primary amides is 1. The van der Waals surface area contributed by atoms with Gasteiger partial charge in [0.1, 0.15) is 11.6 Å². The Hall–Kier alpha value is -3.30. The van der Waals surface area contributed by atoms with Gasteiger partial charge in [-0.25, -0.2) is 18.8 Å². The molecule has 0 saturated carbocycles. The molecule has 1 aromatic carbocycles. The molecule has 0 spiro atoms. The van der Waals surface area contributed by atoms with E-state index in [4.69, 9.17) is 10.2 Å². The van der Waals surface area contributed by atoms with Gasteiger partial charge in [-0.1, -0.05) is 0 Å². The second kappa shape index (κ2) is 7.61. The lowest BCUT2D eigenvalue weighted by Crippen LogP contribution is -2.41. The molecule has 1 saturated heterocycles. The van der Waals surface area contributed by atoms with E-state index in [9.17, 15) is 18.4 Å². The van der Waals surface area contributed by atoms with Crippen LogP contribution in [-0.4, -0.2) is 41.1 Å². The third-order valence-corrected chi connectivity index (χ3v) is 5.18. The number of carbonyl (C=O) groups is 2. The summed E-state index contributed by atoms with van der Waals surface area (Å²) in [4.78, 5) is 30.0. The largest absolute Gasteiger partial charge is 0.418 e. The molecule has 0 aliphatic carbocycles. The Morgan fingerprint density at radius 1 is 1.14 bits per heavy atom. The summed E-state index contributed by atoms with van der Waals surface area (Å²) in [6, 6.07) is 3.02. The Bertz CT molecular complexity index is 948. The number of nitrogens with two attached hydrogens (primary N) is 1. The minimum Gasteiger partial charge on any atom is -0.418 e. The Morgan fingerprint density at radius 3 is 2.45 bits per heavy atom. The Labute approximate surface area is 165 Å². The lowest BCUT2D eigenvalue weighted by molar-refractivity contribution is -0.138. The molecule has 1 atom stereocenters. The number of rotatable bonds is 4. The summed E-state index contributed by atoms with van der Waals surface area (Å²) >= 11 is 0. The number of nitrogens with zero attached hydrogens (tertiary/aromatic N) is 4. The molecule has 0 radical (unpaired) electrons. The SMILES string of the molecule is NC(=O)c1cnc(N2CCC(C(=O)N3N=CC[C@H]3c3cc(F)cc(F)c3)CC2)o1. The molecule has 2 amide bonds. The number of carbonyl (C=O) groups excluding carboxylic acids is 2. The van der Waals surface area contributed by atoms with Crippen LogP contribution in [0, 0.1) is 17.6 Å². The highest BCUT2D eigenvalue weighted by Crippen LogP contribution is 2.33. The number of aromatic nitrogens is 1. The molecule has 3 heterocycles. The molecular weight excluding hydrogens is 384 g/mol. The molecule has 4 rings (SSSR count). The number of hydrazone groups is 1. The molecule has 1 aromatic heterocycles. The molecule has 2 N–H and O–H groups in total. The van der Waals surface area contributed by atoms with Gasteiger partial charge in [-0.3, -0.25) is 9.59 Å². The summed E-state index contributed by atoms with van der Waals surface area (Å²) in [5.74, 6) is -2.55. The average molecular weight is 403 g/mol. The van der Waals surface area contributed by atoms with Crippen LogP contribution in [0.5, 0.6) is 0 Å². The molecule has 152 valence electrons. The van der Waals surface area contributed by atoms with Crippen molar-refractivity contribution in [3.8, 4) is 0 Å². The Morgan fingerprint density at radius 2 is 1.83 bits per heavy atom. The smallest absolute Gasteiger partial charge is 0.297 e. The predicted octanol–water partition coefficient (Wildman–Crippen LogP) is 2.23. The minimum absolute atomic E-state index is 0.0187. The van der Waals surface area contributed by atoms with Crippen LogP contribution < -0.4 is 10.6 Å². The van der Waals surface area contributed by atoms with E-state index in [1.54, 1.807) is 6.21 Å². The molecule has 2 aromatic rings. The molecule has 0 unspecified atom stereocenters. The van der Waals surface area contributed by atoms with E-state index >= 15 is 0 Å². The molecular formula is C19H19F2N5O3. The summed E-state index contributed by atoms with van der Waals surface area (Å²) in [6.07, 6.45) is 4.32. The fourth-order valence-corrected chi connectivity index (χ4v) is 3.70. The van der Waals surface area contributed by atoms with Gasteiger partial charge in [-0.2, -0.15) is 5.10 Å². The number of hydrogen-bond donors (Lipinski definition) is 1. The number of halogens is 2. The van der Waals surface area contributed by atoms with Crippen LogP contribution in [0.4, 0.5) is 14.8 Å². The summed E-state index contributed by atoms with van der Waals surface area (Å²) in [7, 11) is 0. The van der Waals surface area contributed by atoms with Gasteiger partial charge >= 0.3 is 0 Å². The lowest BCUT2D eigenvalue weighted by Gasteiger charge is -2.33. The van der Waals surface area contributed by atoms with Crippen molar-refractivity contribution in [1.29, 1.82) is 0 Å². The first-order chi connectivity index (χ1) is 13.9. The zero-order valence-corrected chi connectivity index (χ0v) is 15.4. The second-order valence-corrected chi connectivity index (χ2v) is 7.07. The van der Waals surface area contributed by atoms with Gasteiger partial charge in [0.05, 0.1) is 12.2 Å². The van der Waals surface area contributed by atoms with E-state index in [1.165, 1.54) is 23.3 Å². The summed E-state index contributed by atoms with van der Waals surface area (Å²) in [5.41, 5.74) is 5.55. The van der Waals surface area contributed by atoms with E-state index in [1.807, 2.05) is 4.90 Å². The molecule has 2 aliphatic heterocycles. The molecule has 0 bridgehead atoms. The maximum atomic E-state index is 13.6. The van der Waals surface area contributed by atoms with Gasteiger partial charge in [-0.15, -0.1) is 0 Å². The number of amides is 2. The minimum atomic E-state index is -0.694. The van der Waals surface area contributed by atoms with Crippen molar-refractivity contribution in [2.45, 2.75) is 25.3 Å². The summed E-state index contributed by atoms with van der Waals surface area (Å²) < 4.78 is 32.5. The first-order valence-electron chi connectivity index (χ1n) is 9.24. The second-order valence-electron chi connectivity index (χ2n) is 7.07. The van der Waals surface area contributed by atoms with Crippen LogP contribution >= 0.6 is 0 Å². The van der Waals surface area contributed by atoms with Gasteiger partial charge in [0, 0.05) is 37.7 Å². The third kappa shape index (κ3) is 3.82. The molecule has 1 fully saturated rings. The Kier molecular flexibility index (Phi) is 4.99. The van der Waals surface area contributed by atoms with E-state index in [-0.39, 0.29) is 23.6 Å². The number of oxazole rings is 1. The number of benzene rings is 1. The topological polar surface area (TPSA) is 105 Å². The summed E-state index contributed by atoms with van der Waals surface area (Å²) in [5, 5.41) is 5.47. The summed E-state index contributed by atoms with van der Waals surface area (Å²) in [6.45, 7) is 1.01. The van der Waals surface area contributed by atoms with Crippen molar-refractivity contribution in [3.05, 3.63) is 47.4 Å². The van der Waals surface area contributed by atoms with Gasteiger partial charge in [0.15, 0.2) is 0 Å². The number of hydrogen-bond acceptors (Lipinski definition) is 6. The van der Waals surface area contributed by atoms with Gasteiger partial charge in [0.25, 0.3) is 11.9 Å². The maximum absolute atomic E-state index is 13.6. The van der Waals surface area contributed by atoms with E-state index in [0.717, 1.165) is 6.07 Å².